The lowest BCUT2D eigenvalue weighted by molar-refractivity contribution is -0.196. The molecule has 10 nitrogen and oxygen atoms in total. The van der Waals surface area contributed by atoms with E-state index >= 15 is 0 Å². The summed E-state index contributed by atoms with van der Waals surface area (Å²) in [4.78, 5) is 47.1. The maximum absolute atomic E-state index is 12.7. The molecular weight excluding hydrogens is 438 g/mol. The van der Waals surface area contributed by atoms with E-state index in [9.17, 15) is 14.4 Å². The number of nitrogens with zero attached hydrogens (tertiary/aromatic N) is 2. The van der Waals surface area contributed by atoms with Gasteiger partial charge in [0.2, 0.25) is 5.60 Å². The molecule has 0 saturated heterocycles. The highest BCUT2D eigenvalue weighted by Crippen LogP contribution is 2.38. The molecule has 1 fully saturated rings. The van der Waals surface area contributed by atoms with Gasteiger partial charge in [-0.1, -0.05) is 16.9 Å². The minimum Gasteiger partial charge on any atom is -0.461 e. The van der Waals surface area contributed by atoms with Gasteiger partial charge in [-0.05, 0) is 54.9 Å². The maximum atomic E-state index is 12.7. The summed E-state index contributed by atoms with van der Waals surface area (Å²) < 4.78 is 15.8. The number of carbonyl (C=O) groups excluding carboxylic acids is 3. The van der Waals surface area contributed by atoms with Crippen LogP contribution in [0.1, 0.15) is 67.7 Å². The molecule has 1 heterocycles. The molecule has 11 heteroatoms. The molecule has 0 aromatic heterocycles. The van der Waals surface area contributed by atoms with Gasteiger partial charge in [-0.15, -0.1) is 0 Å². The number of nitrogens with one attached hydrogen (secondary N) is 1. The predicted molar refractivity (Wildman–Crippen MR) is 121 cm³/mol. The zero-order chi connectivity index (χ0) is 24.2. The molecule has 0 bridgehead atoms. The van der Waals surface area contributed by atoms with Crippen LogP contribution in [0.5, 0.6) is 0 Å². The van der Waals surface area contributed by atoms with Crippen LogP contribution in [0.3, 0.4) is 0 Å². The van der Waals surface area contributed by atoms with Crippen molar-refractivity contribution in [3.8, 4) is 0 Å². The van der Waals surface area contributed by atoms with Gasteiger partial charge in [0.05, 0.1) is 6.61 Å². The summed E-state index contributed by atoms with van der Waals surface area (Å²) in [6, 6.07) is -0.709. The number of thioether (sulfide) groups is 1. The van der Waals surface area contributed by atoms with Gasteiger partial charge in [-0.25, -0.2) is 14.4 Å². The number of alkyl carbamates (subject to hydrolysis) is 1. The zero-order valence-electron chi connectivity index (χ0n) is 19.8. The largest absolute Gasteiger partial charge is 0.461 e. The summed E-state index contributed by atoms with van der Waals surface area (Å²) in [5.41, 5.74) is -2.63. The van der Waals surface area contributed by atoms with Gasteiger partial charge in [-0.3, -0.25) is 10.3 Å². The molecule has 2 rings (SSSR count). The number of amidine groups is 1. The second-order valence-electron chi connectivity index (χ2n) is 9.53. The molecule has 0 aromatic rings. The minimum atomic E-state index is -1.22. The monoisotopic (exact) mass is 471 g/mol. The lowest BCUT2D eigenvalue weighted by Crippen LogP contribution is -2.50. The van der Waals surface area contributed by atoms with Crippen LogP contribution in [0.4, 0.5) is 4.79 Å². The highest BCUT2D eigenvalue weighted by Gasteiger charge is 2.50. The minimum absolute atomic E-state index is 0.0739. The number of carbonyl (C=O) groups is 3. The van der Waals surface area contributed by atoms with Gasteiger partial charge in [0, 0.05) is 18.6 Å². The van der Waals surface area contributed by atoms with Crippen LogP contribution in [0.25, 0.3) is 0 Å². The van der Waals surface area contributed by atoms with Crippen LogP contribution < -0.4 is 5.32 Å². The third-order valence-corrected chi connectivity index (χ3v) is 5.27. The number of oxime groups is 1. The van der Waals surface area contributed by atoms with Crippen molar-refractivity contribution in [1.29, 1.82) is 0 Å². The molecule has 1 atom stereocenters. The fraction of sp³-hybridized carbons (Fsp3) is 0.762. The van der Waals surface area contributed by atoms with Gasteiger partial charge < -0.3 is 19.0 Å². The average molecular weight is 472 g/mol. The highest BCUT2D eigenvalue weighted by atomic mass is 32.2. The number of esters is 2. The number of hydrogen-bond acceptors (Lipinski definition) is 10. The van der Waals surface area contributed by atoms with E-state index < -0.39 is 40.9 Å². The Balaban J connectivity index is 2.17. The second kappa shape index (κ2) is 10.1. The van der Waals surface area contributed by atoms with Crippen LogP contribution >= 0.6 is 11.8 Å². The quantitative estimate of drug-likeness (QED) is 0.271. The molecule has 0 aromatic carbocycles. The maximum Gasteiger partial charge on any atom is 0.413 e. The predicted octanol–water partition coefficient (Wildman–Crippen LogP) is 3.18. The first-order chi connectivity index (χ1) is 14.7. The number of amides is 1. The van der Waals surface area contributed by atoms with Crippen molar-refractivity contribution < 1.29 is 33.4 Å². The third kappa shape index (κ3) is 7.39. The van der Waals surface area contributed by atoms with E-state index in [0.717, 1.165) is 6.42 Å². The van der Waals surface area contributed by atoms with E-state index in [-0.39, 0.29) is 12.3 Å². The second-order valence-corrected chi connectivity index (χ2v) is 10.5. The van der Waals surface area contributed by atoms with Gasteiger partial charge in [-0.2, -0.15) is 0 Å². The van der Waals surface area contributed by atoms with Crippen LogP contribution in [0.15, 0.2) is 10.1 Å². The fourth-order valence-corrected chi connectivity index (χ4v) is 3.66. The van der Waals surface area contributed by atoms with Crippen LogP contribution in [0.2, 0.25) is 0 Å². The Morgan fingerprint density at radius 2 is 1.75 bits per heavy atom. The molecule has 2 aliphatic rings. The fourth-order valence-electron chi connectivity index (χ4n) is 2.75. The summed E-state index contributed by atoms with van der Waals surface area (Å²) in [5, 5.41) is 6.88. The molecule has 0 radical (unpaired) electrons. The molecule has 1 unspecified atom stereocenters. The Hall–Kier alpha value is -2.30. The first-order valence-corrected chi connectivity index (χ1v) is 11.6. The first-order valence-electron chi connectivity index (χ1n) is 10.6. The molecule has 0 spiro atoms. The van der Waals surface area contributed by atoms with Gasteiger partial charge >= 0.3 is 18.0 Å². The Morgan fingerprint density at radius 1 is 1.12 bits per heavy atom. The van der Waals surface area contributed by atoms with Crippen molar-refractivity contribution in [3.63, 3.8) is 0 Å². The van der Waals surface area contributed by atoms with E-state index in [0.29, 0.717) is 23.8 Å². The number of aliphatic imine (C=N–C) groups is 1. The van der Waals surface area contributed by atoms with Crippen LogP contribution in [0, 0.1) is 0 Å². The number of hydrogen-bond donors (Lipinski definition) is 1. The van der Waals surface area contributed by atoms with Gasteiger partial charge in [0.1, 0.15) is 17.2 Å². The first kappa shape index (κ1) is 26.0. The topological polar surface area (TPSA) is 125 Å². The highest BCUT2D eigenvalue weighted by molar-refractivity contribution is 8.14. The molecule has 1 saturated carbocycles. The van der Waals surface area contributed by atoms with Crippen LogP contribution in [-0.2, 0) is 28.6 Å². The van der Waals surface area contributed by atoms with Crippen molar-refractivity contribution in [3.05, 3.63) is 0 Å². The van der Waals surface area contributed by atoms with Gasteiger partial charge in [0.15, 0.2) is 10.9 Å². The molecule has 1 aliphatic heterocycles. The summed E-state index contributed by atoms with van der Waals surface area (Å²) in [7, 11) is 0. The van der Waals surface area contributed by atoms with Crippen molar-refractivity contribution in [2.24, 2.45) is 10.1 Å². The van der Waals surface area contributed by atoms with E-state index in [4.69, 9.17) is 19.0 Å². The molecule has 180 valence electrons. The number of rotatable bonds is 6. The summed E-state index contributed by atoms with van der Waals surface area (Å²) in [5.74, 6) is -0.871. The Bertz CT molecular complexity index is 792. The Kier molecular flexibility index (Phi) is 8.19. The summed E-state index contributed by atoms with van der Waals surface area (Å²) >= 11 is 1.24. The molecular formula is C21H33N3O7S. The van der Waals surface area contributed by atoms with Crippen molar-refractivity contribution in [2.75, 3.05) is 12.4 Å². The zero-order valence-corrected chi connectivity index (χ0v) is 20.6. The van der Waals surface area contributed by atoms with Crippen molar-refractivity contribution >= 4 is 40.7 Å². The normalized spacial score (nSPS) is 20.5. The van der Waals surface area contributed by atoms with Crippen molar-refractivity contribution in [1.82, 2.24) is 5.32 Å². The Morgan fingerprint density at radius 3 is 2.25 bits per heavy atom. The van der Waals surface area contributed by atoms with Crippen LogP contribution in [-0.4, -0.2) is 64.1 Å². The third-order valence-electron chi connectivity index (χ3n) is 4.31. The Labute approximate surface area is 192 Å². The lowest BCUT2D eigenvalue weighted by Gasteiger charge is -2.38. The van der Waals surface area contributed by atoms with Crippen molar-refractivity contribution in [2.45, 2.75) is 90.6 Å². The lowest BCUT2D eigenvalue weighted by atomic mass is 9.80. The average Bonchev–Trinajstić information content (AvgIpc) is 3.01. The standard InChI is InChI=1S/C21H33N3O7S/c1-8-28-15(25)14(13-12-32-17(22-13)23-18(27)30-20(5,6)7)24-31-21(10-9-11-21)16(26)29-19(2,3)4/h13H,8-12H2,1-7H3,(H,22,23,27)/b24-14-. The number of ether oxygens (including phenoxy) is 3. The smallest absolute Gasteiger partial charge is 0.413 e. The van der Waals surface area contributed by atoms with E-state index in [1.807, 2.05) is 0 Å². The molecule has 1 aliphatic carbocycles. The molecule has 1 N–H and O–H groups in total. The summed E-state index contributed by atoms with van der Waals surface area (Å²) in [6.45, 7) is 12.4. The SMILES string of the molecule is CCOC(=O)/C(=N\OC1(C(=O)OC(C)(C)C)CCC1)C1CSC(NC(=O)OC(C)(C)C)=N1. The van der Waals surface area contributed by atoms with E-state index in [2.05, 4.69) is 15.5 Å². The molecule has 1 amide bonds. The van der Waals surface area contributed by atoms with E-state index in [1.54, 1.807) is 48.5 Å². The molecule has 32 heavy (non-hydrogen) atoms. The van der Waals surface area contributed by atoms with E-state index in [1.165, 1.54) is 11.8 Å². The summed E-state index contributed by atoms with van der Waals surface area (Å²) in [6.07, 6.45) is 1.02. The van der Waals surface area contributed by atoms with Gasteiger partial charge in [0.25, 0.3) is 0 Å².